The quantitative estimate of drug-likeness (QED) is 0.787. The molecule has 1 aromatic rings. The van der Waals surface area contributed by atoms with Gasteiger partial charge < -0.3 is 5.73 Å². The number of nitrogens with two attached hydrogens (primary N) is 1. The molecule has 0 unspecified atom stereocenters. The number of hydrogen-bond acceptors (Lipinski definition) is 3. The highest BCUT2D eigenvalue weighted by atomic mass is 19.3. The average molecular weight is 230 g/mol. The van der Waals surface area contributed by atoms with Crippen LogP contribution in [-0.2, 0) is 6.54 Å². The van der Waals surface area contributed by atoms with Crippen LogP contribution in [0.25, 0.3) is 0 Å². The van der Waals surface area contributed by atoms with Gasteiger partial charge in [-0.1, -0.05) is 0 Å². The second kappa shape index (κ2) is 3.82. The molecule has 2 heterocycles. The maximum absolute atomic E-state index is 12.5. The summed E-state index contributed by atoms with van der Waals surface area (Å²) in [6.07, 6.45) is 1.46. The average Bonchev–Trinajstić information content (AvgIpc) is 2.58. The zero-order valence-corrected chi connectivity index (χ0v) is 8.57. The standard InChI is InChI=1S/C9H12F2N4O/c10-9(11)5-14(6-9)3-4-15-7(8(12)16)1-2-13-15/h1-2H,3-6H2,(H2,12,16). The fraction of sp³-hybridized carbons (Fsp3) is 0.556. The van der Waals surface area contributed by atoms with Gasteiger partial charge in [-0.3, -0.25) is 14.4 Å². The molecule has 1 aliphatic heterocycles. The summed E-state index contributed by atoms with van der Waals surface area (Å²) in [7, 11) is 0. The van der Waals surface area contributed by atoms with E-state index in [-0.39, 0.29) is 13.1 Å². The summed E-state index contributed by atoms with van der Waals surface area (Å²) in [5.41, 5.74) is 5.42. The summed E-state index contributed by atoms with van der Waals surface area (Å²) < 4.78 is 26.5. The minimum Gasteiger partial charge on any atom is -0.364 e. The maximum Gasteiger partial charge on any atom is 0.272 e. The lowest BCUT2D eigenvalue weighted by Crippen LogP contribution is -2.56. The molecule has 1 aliphatic rings. The number of halogens is 2. The number of amides is 1. The molecular weight excluding hydrogens is 218 g/mol. The van der Waals surface area contributed by atoms with Gasteiger partial charge in [-0.05, 0) is 6.07 Å². The molecule has 0 bridgehead atoms. The molecule has 0 atom stereocenters. The Morgan fingerprint density at radius 1 is 1.50 bits per heavy atom. The van der Waals surface area contributed by atoms with Crippen LogP contribution in [0.15, 0.2) is 12.3 Å². The topological polar surface area (TPSA) is 64.2 Å². The maximum atomic E-state index is 12.5. The number of hydrogen-bond donors (Lipinski definition) is 1. The van der Waals surface area contributed by atoms with Crippen molar-refractivity contribution in [2.24, 2.45) is 5.73 Å². The largest absolute Gasteiger partial charge is 0.364 e. The minimum atomic E-state index is -2.56. The lowest BCUT2D eigenvalue weighted by atomic mass is 10.1. The van der Waals surface area contributed by atoms with E-state index in [4.69, 9.17) is 5.73 Å². The summed E-state index contributed by atoms with van der Waals surface area (Å²) in [5.74, 6) is -3.12. The molecule has 88 valence electrons. The third-order valence-corrected chi connectivity index (χ3v) is 2.51. The van der Waals surface area contributed by atoms with Crippen LogP contribution in [0.2, 0.25) is 0 Å². The van der Waals surface area contributed by atoms with Gasteiger partial charge in [0.15, 0.2) is 0 Å². The Morgan fingerprint density at radius 2 is 2.19 bits per heavy atom. The van der Waals surface area contributed by atoms with Gasteiger partial charge in [0.2, 0.25) is 0 Å². The summed E-state index contributed by atoms with van der Waals surface area (Å²) in [5, 5.41) is 3.91. The lowest BCUT2D eigenvalue weighted by Gasteiger charge is -2.38. The molecule has 1 aromatic heterocycles. The summed E-state index contributed by atoms with van der Waals surface area (Å²) in [6.45, 7) is 0.388. The molecule has 2 rings (SSSR count). The minimum absolute atomic E-state index is 0.222. The molecule has 1 saturated heterocycles. The number of alkyl halides is 2. The van der Waals surface area contributed by atoms with Gasteiger partial charge in [-0.15, -0.1) is 0 Å². The zero-order valence-electron chi connectivity index (χ0n) is 8.57. The van der Waals surface area contributed by atoms with E-state index in [2.05, 4.69) is 5.10 Å². The number of primary amides is 1. The third-order valence-electron chi connectivity index (χ3n) is 2.51. The fourth-order valence-electron chi connectivity index (χ4n) is 1.72. The molecule has 16 heavy (non-hydrogen) atoms. The molecule has 1 amide bonds. The van der Waals surface area contributed by atoms with Crippen LogP contribution in [-0.4, -0.2) is 46.1 Å². The number of likely N-dealkylation sites (tertiary alicyclic amines) is 1. The number of carbonyl (C=O) groups is 1. The number of aromatic nitrogens is 2. The van der Waals surface area contributed by atoms with Gasteiger partial charge in [0.25, 0.3) is 11.8 Å². The first-order valence-electron chi connectivity index (χ1n) is 4.90. The van der Waals surface area contributed by atoms with Gasteiger partial charge in [-0.25, -0.2) is 8.78 Å². The van der Waals surface area contributed by atoms with E-state index in [1.807, 2.05) is 0 Å². The number of nitrogens with zero attached hydrogens (tertiary/aromatic N) is 3. The molecule has 1 fully saturated rings. The van der Waals surface area contributed by atoms with Crippen LogP contribution >= 0.6 is 0 Å². The highest BCUT2D eigenvalue weighted by Crippen LogP contribution is 2.25. The second-order valence-electron chi connectivity index (χ2n) is 3.87. The molecule has 0 spiro atoms. The Balaban J connectivity index is 1.86. The molecule has 2 N–H and O–H groups in total. The SMILES string of the molecule is NC(=O)c1ccnn1CCN1CC(F)(F)C1. The van der Waals surface area contributed by atoms with Gasteiger partial charge in [0.05, 0.1) is 19.6 Å². The van der Waals surface area contributed by atoms with Crippen molar-refractivity contribution in [3.8, 4) is 0 Å². The van der Waals surface area contributed by atoms with Crippen molar-refractivity contribution in [2.75, 3.05) is 19.6 Å². The second-order valence-corrected chi connectivity index (χ2v) is 3.87. The highest BCUT2D eigenvalue weighted by molar-refractivity contribution is 5.90. The Kier molecular flexibility index (Phi) is 2.63. The first kappa shape index (κ1) is 11.0. The first-order chi connectivity index (χ1) is 7.48. The monoisotopic (exact) mass is 230 g/mol. The van der Waals surface area contributed by atoms with E-state index in [0.29, 0.717) is 18.8 Å². The summed E-state index contributed by atoms with van der Waals surface area (Å²) in [6, 6.07) is 1.51. The fourth-order valence-corrected chi connectivity index (χ4v) is 1.72. The summed E-state index contributed by atoms with van der Waals surface area (Å²) >= 11 is 0. The van der Waals surface area contributed by atoms with Crippen LogP contribution in [0.1, 0.15) is 10.5 Å². The van der Waals surface area contributed by atoms with Gasteiger partial charge in [0.1, 0.15) is 5.69 Å². The van der Waals surface area contributed by atoms with E-state index in [9.17, 15) is 13.6 Å². The van der Waals surface area contributed by atoms with E-state index >= 15 is 0 Å². The van der Waals surface area contributed by atoms with E-state index in [0.717, 1.165) is 0 Å². The number of carbonyl (C=O) groups excluding carboxylic acids is 1. The van der Waals surface area contributed by atoms with Crippen molar-refractivity contribution in [2.45, 2.75) is 12.5 Å². The van der Waals surface area contributed by atoms with Crippen LogP contribution in [0.3, 0.4) is 0 Å². The third kappa shape index (κ3) is 2.19. The Bertz CT molecular complexity index is 396. The van der Waals surface area contributed by atoms with E-state index in [1.54, 1.807) is 4.90 Å². The van der Waals surface area contributed by atoms with Gasteiger partial charge in [0, 0.05) is 12.7 Å². The van der Waals surface area contributed by atoms with Gasteiger partial charge in [-0.2, -0.15) is 5.10 Å². The van der Waals surface area contributed by atoms with E-state index in [1.165, 1.54) is 16.9 Å². The van der Waals surface area contributed by atoms with Crippen molar-refractivity contribution in [3.05, 3.63) is 18.0 Å². The highest BCUT2D eigenvalue weighted by Gasteiger charge is 2.43. The normalized spacial score (nSPS) is 19.4. The first-order valence-corrected chi connectivity index (χ1v) is 4.90. The molecule has 7 heteroatoms. The summed E-state index contributed by atoms with van der Waals surface area (Å²) in [4.78, 5) is 12.5. The molecule has 0 aromatic carbocycles. The van der Waals surface area contributed by atoms with Crippen LogP contribution in [0.4, 0.5) is 8.78 Å². The molecule has 0 radical (unpaired) electrons. The Hall–Kier alpha value is -1.50. The Labute approximate surface area is 90.8 Å². The smallest absolute Gasteiger partial charge is 0.272 e. The molecular formula is C9H12F2N4O. The van der Waals surface area contributed by atoms with Gasteiger partial charge >= 0.3 is 0 Å². The van der Waals surface area contributed by atoms with Crippen molar-refractivity contribution in [1.82, 2.24) is 14.7 Å². The van der Waals surface area contributed by atoms with E-state index < -0.39 is 11.8 Å². The zero-order chi connectivity index (χ0) is 11.8. The predicted molar refractivity (Wildman–Crippen MR) is 52.1 cm³/mol. The van der Waals surface area contributed by atoms with Crippen LogP contribution in [0, 0.1) is 0 Å². The predicted octanol–water partition coefficient (Wildman–Crippen LogP) is -0.0671. The van der Waals surface area contributed by atoms with Crippen molar-refractivity contribution >= 4 is 5.91 Å². The van der Waals surface area contributed by atoms with Crippen molar-refractivity contribution < 1.29 is 13.6 Å². The lowest BCUT2D eigenvalue weighted by molar-refractivity contribution is -0.131. The number of rotatable bonds is 4. The van der Waals surface area contributed by atoms with Crippen molar-refractivity contribution in [1.29, 1.82) is 0 Å². The van der Waals surface area contributed by atoms with Crippen LogP contribution in [0.5, 0.6) is 0 Å². The molecule has 5 nitrogen and oxygen atoms in total. The molecule has 0 aliphatic carbocycles. The molecule has 0 saturated carbocycles. The van der Waals surface area contributed by atoms with Crippen molar-refractivity contribution in [3.63, 3.8) is 0 Å². The van der Waals surface area contributed by atoms with Crippen LogP contribution < -0.4 is 5.73 Å². The Morgan fingerprint density at radius 3 is 2.75 bits per heavy atom.